The lowest BCUT2D eigenvalue weighted by Gasteiger charge is -1.93. The van der Waals surface area contributed by atoms with Crippen LogP contribution in [-0.2, 0) is 0 Å². The molecule has 4 heteroatoms. The van der Waals surface area contributed by atoms with Gasteiger partial charge >= 0.3 is 0 Å². The number of nitrogens with two attached hydrogens (primary N) is 1. The molecule has 1 aromatic carbocycles. The van der Waals surface area contributed by atoms with Gasteiger partial charge in [-0.15, -0.1) is 0 Å². The van der Waals surface area contributed by atoms with Crippen LogP contribution in [0.5, 0.6) is 0 Å². The summed E-state index contributed by atoms with van der Waals surface area (Å²) in [5.41, 5.74) is 6.76. The van der Waals surface area contributed by atoms with Crippen LogP contribution in [0, 0.1) is 5.82 Å². The Balaban J connectivity index is 2.91. The van der Waals surface area contributed by atoms with Gasteiger partial charge in [-0.05, 0) is 12.1 Å². The first kappa shape index (κ1) is 6.15. The summed E-state index contributed by atoms with van der Waals surface area (Å²) in [4.78, 5) is 6.54. The predicted molar refractivity (Wildman–Crippen MR) is 40.5 cm³/mol. The third-order valence-electron chi connectivity index (χ3n) is 1.50. The first-order chi connectivity index (χ1) is 5.27. The van der Waals surface area contributed by atoms with Crippen LogP contribution in [0.25, 0.3) is 11.0 Å². The summed E-state index contributed by atoms with van der Waals surface area (Å²) < 4.78 is 12.9. The number of rotatable bonds is 0. The number of aromatic nitrogens is 2. The minimum Gasteiger partial charge on any atom is -0.399 e. The van der Waals surface area contributed by atoms with Crippen molar-refractivity contribution < 1.29 is 4.39 Å². The van der Waals surface area contributed by atoms with Crippen LogP contribution in [0.15, 0.2) is 18.5 Å². The lowest BCUT2D eigenvalue weighted by atomic mass is 10.3. The van der Waals surface area contributed by atoms with E-state index in [0.29, 0.717) is 16.7 Å². The van der Waals surface area contributed by atoms with Crippen molar-refractivity contribution in [1.29, 1.82) is 0 Å². The normalized spacial score (nSPS) is 10.6. The Kier molecular flexibility index (Phi) is 1.09. The van der Waals surface area contributed by atoms with Gasteiger partial charge in [0.1, 0.15) is 5.52 Å². The lowest BCUT2D eigenvalue weighted by molar-refractivity contribution is 0.638. The van der Waals surface area contributed by atoms with Crippen LogP contribution >= 0.6 is 0 Å². The average Bonchev–Trinajstić information content (AvgIpc) is 2.34. The largest absolute Gasteiger partial charge is 0.399 e. The maximum absolute atomic E-state index is 12.9. The molecule has 0 saturated carbocycles. The lowest BCUT2D eigenvalue weighted by Crippen LogP contribution is -1.86. The molecule has 1 aromatic heterocycles. The zero-order valence-electron chi connectivity index (χ0n) is 5.63. The summed E-state index contributed by atoms with van der Waals surface area (Å²) in [5.74, 6) is -0.388. The molecule has 0 atom stereocenters. The Morgan fingerprint density at radius 3 is 3.09 bits per heavy atom. The first-order valence-electron chi connectivity index (χ1n) is 3.15. The van der Waals surface area contributed by atoms with Crippen molar-refractivity contribution in [2.24, 2.45) is 0 Å². The maximum atomic E-state index is 12.9. The number of nitrogens with one attached hydrogen (secondary N) is 1. The summed E-state index contributed by atoms with van der Waals surface area (Å²) in [7, 11) is 0. The fourth-order valence-electron chi connectivity index (χ4n) is 1.03. The number of hydrogen-bond acceptors (Lipinski definition) is 2. The average molecular weight is 151 g/mol. The van der Waals surface area contributed by atoms with Gasteiger partial charge < -0.3 is 10.7 Å². The summed E-state index contributed by atoms with van der Waals surface area (Å²) in [5, 5.41) is 0. The molecule has 2 aromatic rings. The molecule has 0 bridgehead atoms. The second kappa shape index (κ2) is 1.95. The van der Waals surface area contributed by atoms with E-state index in [9.17, 15) is 4.39 Å². The highest BCUT2D eigenvalue weighted by Gasteiger charge is 2.02. The van der Waals surface area contributed by atoms with Gasteiger partial charge in [0.15, 0.2) is 5.82 Å². The monoisotopic (exact) mass is 151 g/mol. The highest BCUT2D eigenvalue weighted by molar-refractivity contribution is 5.78. The molecular weight excluding hydrogens is 145 g/mol. The topological polar surface area (TPSA) is 54.7 Å². The third kappa shape index (κ3) is 0.832. The van der Waals surface area contributed by atoms with E-state index in [0.717, 1.165) is 0 Å². The van der Waals surface area contributed by atoms with Crippen molar-refractivity contribution in [3.63, 3.8) is 0 Å². The number of halogens is 1. The van der Waals surface area contributed by atoms with Crippen LogP contribution < -0.4 is 5.73 Å². The molecule has 11 heavy (non-hydrogen) atoms. The molecule has 0 saturated heterocycles. The van der Waals surface area contributed by atoms with E-state index in [1.54, 1.807) is 6.07 Å². The molecule has 2 rings (SSSR count). The highest BCUT2D eigenvalue weighted by atomic mass is 19.1. The number of fused-ring (bicyclic) bond motifs is 1. The SMILES string of the molecule is Nc1cc(F)c2nc[nH]c2c1. The van der Waals surface area contributed by atoms with Crippen molar-refractivity contribution >= 4 is 16.7 Å². The summed E-state index contributed by atoms with van der Waals surface area (Å²) in [6.07, 6.45) is 1.44. The number of hydrogen-bond donors (Lipinski definition) is 2. The quantitative estimate of drug-likeness (QED) is 0.557. The molecule has 0 aliphatic carbocycles. The number of nitrogens with zero attached hydrogens (tertiary/aromatic N) is 1. The minimum absolute atomic E-state index is 0.333. The van der Waals surface area contributed by atoms with Gasteiger partial charge in [-0.3, -0.25) is 0 Å². The molecule has 0 spiro atoms. The van der Waals surface area contributed by atoms with E-state index in [1.807, 2.05) is 0 Å². The molecule has 3 nitrogen and oxygen atoms in total. The van der Waals surface area contributed by atoms with Gasteiger partial charge in [-0.2, -0.15) is 0 Å². The Bertz CT molecular complexity index is 393. The molecule has 0 radical (unpaired) electrons. The molecule has 3 N–H and O–H groups in total. The first-order valence-corrected chi connectivity index (χ1v) is 3.15. The Hall–Kier alpha value is -1.58. The van der Waals surface area contributed by atoms with Gasteiger partial charge in [-0.25, -0.2) is 9.37 Å². The predicted octanol–water partition coefficient (Wildman–Crippen LogP) is 1.28. The molecule has 0 fully saturated rings. The summed E-state index contributed by atoms with van der Waals surface area (Å²) in [6, 6.07) is 2.90. The zero-order valence-corrected chi connectivity index (χ0v) is 5.63. The Morgan fingerprint density at radius 1 is 1.45 bits per heavy atom. The second-order valence-corrected chi connectivity index (χ2v) is 2.30. The van der Waals surface area contributed by atoms with E-state index in [-0.39, 0.29) is 5.82 Å². The highest BCUT2D eigenvalue weighted by Crippen LogP contribution is 2.16. The van der Waals surface area contributed by atoms with E-state index in [1.165, 1.54) is 12.4 Å². The molecular formula is C7H6FN3. The van der Waals surface area contributed by atoms with Crippen molar-refractivity contribution in [3.05, 3.63) is 24.3 Å². The van der Waals surface area contributed by atoms with Gasteiger partial charge in [0, 0.05) is 5.69 Å². The van der Waals surface area contributed by atoms with Gasteiger partial charge in [0.2, 0.25) is 0 Å². The number of imidazole rings is 1. The molecule has 0 unspecified atom stereocenters. The Labute approximate surface area is 62.0 Å². The van der Waals surface area contributed by atoms with E-state index < -0.39 is 0 Å². The smallest absolute Gasteiger partial charge is 0.153 e. The fourth-order valence-corrected chi connectivity index (χ4v) is 1.03. The number of H-pyrrole nitrogens is 1. The number of benzene rings is 1. The minimum atomic E-state index is -0.388. The van der Waals surface area contributed by atoms with Crippen molar-refractivity contribution in [3.8, 4) is 0 Å². The van der Waals surface area contributed by atoms with Crippen molar-refractivity contribution in [2.75, 3.05) is 5.73 Å². The zero-order chi connectivity index (χ0) is 7.84. The molecule has 0 aliphatic rings. The standard InChI is InChI=1S/C7H6FN3/c8-5-1-4(9)2-6-7(5)11-3-10-6/h1-3H,9H2,(H,10,11). The van der Waals surface area contributed by atoms with Crippen LogP contribution in [-0.4, -0.2) is 9.97 Å². The van der Waals surface area contributed by atoms with Gasteiger partial charge in [0.25, 0.3) is 0 Å². The van der Waals surface area contributed by atoms with E-state index in [4.69, 9.17) is 5.73 Å². The fraction of sp³-hybridized carbons (Fsp3) is 0. The number of nitrogen functional groups attached to an aromatic ring is 1. The van der Waals surface area contributed by atoms with Crippen LogP contribution in [0.2, 0.25) is 0 Å². The maximum Gasteiger partial charge on any atom is 0.153 e. The van der Waals surface area contributed by atoms with Crippen LogP contribution in [0.3, 0.4) is 0 Å². The van der Waals surface area contributed by atoms with Crippen LogP contribution in [0.1, 0.15) is 0 Å². The van der Waals surface area contributed by atoms with E-state index >= 15 is 0 Å². The van der Waals surface area contributed by atoms with Crippen molar-refractivity contribution in [2.45, 2.75) is 0 Å². The Morgan fingerprint density at radius 2 is 2.27 bits per heavy atom. The van der Waals surface area contributed by atoms with Gasteiger partial charge in [-0.1, -0.05) is 0 Å². The molecule has 0 amide bonds. The van der Waals surface area contributed by atoms with Gasteiger partial charge in [0.05, 0.1) is 11.8 Å². The van der Waals surface area contributed by atoms with E-state index in [2.05, 4.69) is 9.97 Å². The number of aromatic amines is 1. The summed E-state index contributed by atoms with van der Waals surface area (Å²) >= 11 is 0. The molecule has 0 aliphatic heterocycles. The van der Waals surface area contributed by atoms with Crippen molar-refractivity contribution in [1.82, 2.24) is 9.97 Å². The number of anilines is 1. The molecule has 56 valence electrons. The van der Waals surface area contributed by atoms with Crippen LogP contribution in [0.4, 0.5) is 10.1 Å². The third-order valence-corrected chi connectivity index (χ3v) is 1.50. The molecule has 1 heterocycles. The second-order valence-electron chi connectivity index (χ2n) is 2.30. The summed E-state index contributed by atoms with van der Waals surface area (Å²) in [6.45, 7) is 0.